The molecule has 0 spiro atoms. The Kier molecular flexibility index (Phi) is 3.60. The normalized spacial score (nSPS) is 10.1. The fourth-order valence-electron chi connectivity index (χ4n) is 1.50. The van der Waals surface area contributed by atoms with Crippen LogP contribution < -0.4 is 4.74 Å². The highest BCUT2D eigenvalue weighted by atomic mass is 19.1. The third kappa shape index (κ3) is 2.89. The molecule has 2 rings (SSSR count). The summed E-state index contributed by atoms with van der Waals surface area (Å²) in [6.07, 6.45) is 0. The summed E-state index contributed by atoms with van der Waals surface area (Å²) in [5, 5.41) is 19.2. The van der Waals surface area contributed by atoms with Gasteiger partial charge in [-0.05, 0) is 30.3 Å². The number of halogens is 1. The number of hydrogen-bond donors (Lipinski definition) is 1. The molecule has 0 unspecified atom stereocenters. The molecule has 0 bridgehead atoms. The highest BCUT2D eigenvalue weighted by Gasteiger charge is 2.14. The molecule has 0 aromatic heterocycles. The summed E-state index contributed by atoms with van der Waals surface area (Å²) in [4.78, 5) is 20.3. The van der Waals surface area contributed by atoms with Gasteiger partial charge in [0.1, 0.15) is 11.5 Å². The molecule has 0 atom stereocenters. The predicted octanol–water partition coefficient (Wildman–Crippen LogP) is 3.22. The average Bonchev–Trinajstić information content (AvgIpc) is 2.39. The third-order valence-electron chi connectivity index (χ3n) is 2.45. The van der Waals surface area contributed by atoms with Crippen LogP contribution in [0.15, 0.2) is 42.5 Å². The Hall–Kier alpha value is -2.96. The van der Waals surface area contributed by atoms with E-state index in [1.165, 1.54) is 30.3 Å². The second-order valence-electron chi connectivity index (χ2n) is 3.80. The summed E-state index contributed by atoms with van der Waals surface area (Å²) >= 11 is 0. The summed E-state index contributed by atoms with van der Waals surface area (Å²) < 4.78 is 18.6. The summed E-state index contributed by atoms with van der Waals surface area (Å²) in [6.45, 7) is 0. The Labute approximate surface area is 112 Å². The van der Waals surface area contributed by atoms with E-state index < -0.39 is 22.4 Å². The van der Waals surface area contributed by atoms with Crippen LogP contribution in [0.3, 0.4) is 0 Å². The minimum Gasteiger partial charge on any atom is -0.478 e. The number of carboxylic acids is 1. The molecule has 0 heterocycles. The highest BCUT2D eigenvalue weighted by Crippen LogP contribution is 2.26. The van der Waals surface area contributed by atoms with Crippen molar-refractivity contribution < 1.29 is 24.0 Å². The molecule has 102 valence electrons. The number of carboxylic acid groups (broad SMARTS) is 1. The standard InChI is InChI=1S/C13H8FNO5/c14-11-7-10(5-6-12(11)15(18)19)20-9-3-1-8(2-4-9)13(16)17/h1-7H,(H,16,17). The van der Waals surface area contributed by atoms with Crippen molar-refractivity contribution in [3.05, 3.63) is 64.0 Å². The molecule has 0 radical (unpaired) electrons. The lowest BCUT2D eigenvalue weighted by Crippen LogP contribution is -1.96. The predicted molar refractivity (Wildman–Crippen MR) is 66.5 cm³/mol. The van der Waals surface area contributed by atoms with Crippen molar-refractivity contribution >= 4 is 11.7 Å². The topological polar surface area (TPSA) is 89.7 Å². The van der Waals surface area contributed by atoms with Gasteiger partial charge in [0.25, 0.3) is 0 Å². The number of aromatic carboxylic acids is 1. The molecule has 20 heavy (non-hydrogen) atoms. The average molecular weight is 277 g/mol. The monoisotopic (exact) mass is 277 g/mol. The van der Waals surface area contributed by atoms with Gasteiger partial charge in [0.05, 0.1) is 10.5 Å². The molecule has 6 nitrogen and oxygen atoms in total. The fraction of sp³-hybridized carbons (Fsp3) is 0. The summed E-state index contributed by atoms with van der Waals surface area (Å²) in [5.41, 5.74) is -0.550. The van der Waals surface area contributed by atoms with Gasteiger partial charge in [0, 0.05) is 12.1 Å². The molecule has 0 aliphatic rings. The largest absolute Gasteiger partial charge is 0.478 e. The Balaban J connectivity index is 2.19. The van der Waals surface area contributed by atoms with E-state index in [2.05, 4.69) is 0 Å². The van der Waals surface area contributed by atoms with Crippen molar-refractivity contribution in [1.29, 1.82) is 0 Å². The minimum absolute atomic E-state index is 0.0798. The number of benzene rings is 2. The van der Waals surface area contributed by atoms with Gasteiger partial charge in [0.15, 0.2) is 0 Å². The second-order valence-corrected chi connectivity index (χ2v) is 3.80. The Morgan fingerprint density at radius 1 is 1.15 bits per heavy atom. The number of rotatable bonds is 4. The Bertz CT molecular complexity index is 669. The van der Waals surface area contributed by atoms with E-state index >= 15 is 0 Å². The number of hydrogen-bond acceptors (Lipinski definition) is 4. The van der Waals surface area contributed by atoms with Crippen LogP contribution in [-0.2, 0) is 0 Å². The lowest BCUT2D eigenvalue weighted by Gasteiger charge is -2.06. The highest BCUT2D eigenvalue weighted by molar-refractivity contribution is 5.87. The van der Waals surface area contributed by atoms with E-state index in [1.807, 2.05) is 0 Å². The number of nitro groups is 1. The zero-order chi connectivity index (χ0) is 14.7. The van der Waals surface area contributed by atoms with Crippen LogP contribution in [0.25, 0.3) is 0 Å². The van der Waals surface area contributed by atoms with E-state index in [4.69, 9.17) is 9.84 Å². The maximum atomic E-state index is 13.4. The zero-order valence-corrected chi connectivity index (χ0v) is 9.95. The first-order valence-corrected chi connectivity index (χ1v) is 5.42. The van der Waals surface area contributed by atoms with Gasteiger partial charge in [0.2, 0.25) is 5.82 Å². The van der Waals surface area contributed by atoms with Gasteiger partial charge in [-0.2, -0.15) is 4.39 Å². The van der Waals surface area contributed by atoms with E-state index in [-0.39, 0.29) is 11.3 Å². The van der Waals surface area contributed by atoms with Crippen LogP contribution in [0.5, 0.6) is 11.5 Å². The fourth-order valence-corrected chi connectivity index (χ4v) is 1.50. The van der Waals surface area contributed by atoms with Gasteiger partial charge in [-0.15, -0.1) is 0 Å². The summed E-state index contributed by atoms with van der Waals surface area (Å²) in [7, 11) is 0. The molecule has 0 saturated heterocycles. The minimum atomic E-state index is -1.07. The lowest BCUT2D eigenvalue weighted by molar-refractivity contribution is -0.387. The van der Waals surface area contributed by atoms with E-state index in [9.17, 15) is 19.3 Å². The van der Waals surface area contributed by atoms with Crippen LogP contribution >= 0.6 is 0 Å². The van der Waals surface area contributed by atoms with Crippen molar-refractivity contribution in [2.24, 2.45) is 0 Å². The molecule has 0 amide bonds. The van der Waals surface area contributed by atoms with Crippen LogP contribution in [-0.4, -0.2) is 16.0 Å². The molecule has 7 heteroatoms. The van der Waals surface area contributed by atoms with Crippen molar-refractivity contribution in [1.82, 2.24) is 0 Å². The molecule has 2 aromatic rings. The SMILES string of the molecule is O=C(O)c1ccc(Oc2ccc([N+](=O)[O-])c(F)c2)cc1. The van der Waals surface area contributed by atoms with Crippen molar-refractivity contribution in [2.75, 3.05) is 0 Å². The molecule has 2 aromatic carbocycles. The zero-order valence-electron chi connectivity index (χ0n) is 9.95. The van der Waals surface area contributed by atoms with Crippen LogP contribution in [0.1, 0.15) is 10.4 Å². The molecule has 0 fully saturated rings. The van der Waals surface area contributed by atoms with E-state index in [1.54, 1.807) is 0 Å². The van der Waals surface area contributed by atoms with E-state index in [0.717, 1.165) is 12.1 Å². The van der Waals surface area contributed by atoms with Crippen LogP contribution in [0, 0.1) is 15.9 Å². The molecule has 0 saturated carbocycles. The molecule has 0 aliphatic carbocycles. The van der Waals surface area contributed by atoms with Gasteiger partial charge in [-0.1, -0.05) is 0 Å². The first kappa shape index (κ1) is 13.5. The lowest BCUT2D eigenvalue weighted by atomic mass is 10.2. The first-order valence-electron chi connectivity index (χ1n) is 5.42. The van der Waals surface area contributed by atoms with Gasteiger partial charge in [-0.3, -0.25) is 10.1 Å². The van der Waals surface area contributed by atoms with Gasteiger partial charge >= 0.3 is 11.7 Å². The quantitative estimate of drug-likeness (QED) is 0.684. The van der Waals surface area contributed by atoms with E-state index in [0.29, 0.717) is 5.75 Å². The first-order chi connectivity index (χ1) is 9.47. The second kappa shape index (κ2) is 5.35. The Morgan fingerprint density at radius 2 is 1.75 bits per heavy atom. The van der Waals surface area contributed by atoms with Crippen molar-refractivity contribution in [3.8, 4) is 11.5 Å². The molecular formula is C13H8FNO5. The van der Waals surface area contributed by atoms with Crippen LogP contribution in [0.4, 0.5) is 10.1 Å². The maximum Gasteiger partial charge on any atom is 0.335 e. The molecule has 0 aliphatic heterocycles. The third-order valence-corrected chi connectivity index (χ3v) is 2.45. The Morgan fingerprint density at radius 3 is 2.25 bits per heavy atom. The smallest absolute Gasteiger partial charge is 0.335 e. The molecule has 1 N–H and O–H groups in total. The molecular weight excluding hydrogens is 269 g/mol. The summed E-state index contributed by atoms with van der Waals surface area (Å²) in [5.74, 6) is -1.70. The number of carbonyl (C=O) groups is 1. The van der Waals surface area contributed by atoms with Crippen LogP contribution in [0.2, 0.25) is 0 Å². The van der Waals surface area contributed by atoms with Gasteiger partial charge < -0.3 is 9.84 Å². The van der Waals surface area contributed by atoms with Crippen molar-refractivity contribution in [2.45, 2.75) is 0 Å². The summed E-state index contributed by atoms with van der Waals surface area (Å²) in [6, 6.07) is 8.62. The van der Waals surface area contributed by atoms with Crippen molar-refractivity contribution in [3.63, 3.8) is 0 Å². The van der Waals surface area contributed by atoms with Gasteiger partial charge in [-0.25, -0.2) is 4.79 Å². The number of ether oxygens (including phenoxy) is 1. The number of nitro benzene ring substituents is 1. The number of nitrogens with zero attached hydrogens (tertiary/aromatic N) is 1. The maximum absolute atomic E-state index is 13.4.